The topological polar surface area (TPSA) is 37.4 Å². The van der Waals surface area contributed by atoms with Crippen molar-refractivity contribution < 1.29 is 9.59 Å². The van der Waals surface area contributed by atoms with Gasteiger partial charge in [-0.25, -0.2) is 0 Å². The maximum absolute atomic E-state index is 12.8. The Kier molecular flexibility index (Phi) is 2.23. The lowest BCUT2D eigenvalue weighted by Crippen LogP contribution is -2.40. The molecule has 0 radical (unpaired) electrons. The molecular weight excluding hydrogens is 330 g/mol. The summed E-state index contributed by atoms with van der Waals surface area (Å²) in [5.74, 6) is 1.70. The number of rotatable bonds is 1. The second-order valence-electron chi connectivity index (χ2n) is 6.64. The molecule has 0 aromatic heterocycles. The van der Waals surface area contributed by atoms with Crippen LogP contribution in [0.2, 0.25) is 0 Å². The molecule has 5 aliphatic rings. The second-order valence-corrected chi connectivity index (χ2v) is 7.56. The Balaban J connectivity index is 1.58. The van der Waals surface area contributed by atoms with Crippen LogP contribution in [0, 0.1) is 35.5 Å². The number of carbonyl (C=O) groups excluding carboxylic acids is 2. The SMILES string of the molecule is O=C1[C@@H]2[C@@H]3C=C[C@H]([C@@H]4C[C@H]34)[C@@H]2C(=O)N1c1ccc(Br)cc1. The van der Waals surface area contributed by atoms with Gasteiger partial charge in [0, 0.05) is 4.47 Å². The van der Waals surface area contributed by atoms with Crippen LogP contribution in [0.5, 0.6) is 0 Å². The van der Waals surface area contributed by atoms with Crippen molar-refractivity contribution in [1.82, 2.24) is 0 Å². The van der Waals surface area contributed by atoms with Gasteiger partial charge in [0.15, 0.2) is 0 Å². The zero-order chi connectivity index (χ0) is 14.3. The molecule has 1 aromatic carbocycles. The third kappa shape index (κ3) is 1.44. The molecule has 6 rings (SSSR count). The third-order valence-corrected chi connectivity index (χ3v) is 6.28. The normalized spacial score (nSPS) is 42.2. The lowest BCUT2D eigenvalue weighted by Gasteiger charge is -2.37. The number of anilines is 1. The van der Waals surface area contributed by atoms with Gasteiger partial charge in [0.2, 0.25) is 11.8 Å². The molecule has 1 aromatic rings. The first-order valence-corrected chi connectivity index (χ1v) is 8.28. The predicted molar refractivity (Wildman–Crippen MR) is 81.3 cm³/mol. The van der Waals surface area contributed by atoms with Crippen molar-refractivity contribution in [3.8, 4) is 0 Å². The molecule has 2 bridgehead atoms. The number of hydrogen-bond acceptors (Lipinski definition) is 2. The van der Waals surface area contributed by atoms with E-state index in [1.54, 1.807) is 0 Å². The molecule has 106 valence electrons. The first-order chi connectivity index (χ1) is 10.2. The Morgan fingerprint density at radius 1 is 0.905 bits per heavy atom. The lowest BCUT2D eigenvalue weighted by atomic mass is 9.63. The second kappa shape index (κ2) is 3.86. The van der Waals surface area contributed by atoms with Crippen LogP contribution < -0.4 is 4.90 Å². The third-order valence-electron chi connectivity index (χ3n) is 5.75. The average molecular weight is 344 g/mol. The fourth-order valence-corrected chi connectivity index (χ4v) is 5.07. The van der Waals surface area contributed by atoms with E-state index in [1.807, 2.05) is 24.3 Å². The number of carbonyl (C=O) groups is 2. The molecule has 2 amide bonds. The number of hydrogen-bond donors (Lipinski definition) is 0. The van der Waals surface area contributed by atoms with Crippen LogP contribution in [0.25, 0.3) is 0 Å². The smallest absolute Gasteiger partial charge is 0.238 e. The molecule has 2 saturated carbocycles. The highest BCUT2D eigenvalue weighted by molar-refractivity contribution is 9.10. The molecule has 21 heavy (non-hydrogen) atoms. The summed E-state index contributed by atoms with van der Waals surface area (Å²) in [7, 11) is 0. The number of imide groups is 1. The summed E-state index contributed by atoms with van der Waals surface area (Å²) in [6.45, 7) is 0. The van der Waals surface area contributed by atoms with Crippen molar-refractivity contribution in [2.75, 3.05) is 4.90 Å². The van der Waals surface area contributed by atoms with Crippen LogP contribution in [0.4, 0.5) is 5.69 Å². The fraction of sp³-hybridized carbons (Fsp3) is 0.412. The van der Waals surface area contributed by atoms with Crippen LogP contribution in [0.1, 0.15) is 6.42 Å². The van der Waals surface area contributed by atoms with Gasteiger partial charge in [0.05, 0.1) is 17.5 Å². The van der Waals surface area contributed by atoms with Crippen molar-refractivity contribution in [2.45, 2.75) is 6.42 Å². The van der Waals surface area contributed by atoms with Gasteiger partial charge in [0.1, 0.15) is 0 Å². The monoisotopic (exact) mass is 343 g/mol. The van der Waals surface area contributed by atoms with E-state index in [4.69, 9.17) is 0 Å². The summed E-state index contributed by atoms with van der Waals surface area (Å²) in [6.07, 6.45) is 5.61. The molecule has 3 fully saturated rings. The van der Waals surface area contributed by atoms with Gasteiger partial charge < -0.3 is 0 Å². The fourth-order valence-electron chi connectivity index (χ4n) is 4.80. The maximum Gasteiger partial charge on any atom is 0.238 e. The average Bonchev–Trinajstić information content (AvgIpc) is 3.26. The minimum Gasteiger partial charge on any atom is -0.274 e. The van der Waals surface area contributed by atoms with E-state index in [0.717, 1.165) is 4.47 Å². The quantitative estimate of drug-likeness (QED) is 0.580. The van der Waals surface area contributed by atoms with Crippen molar-refractivity contribution >= 4 is 33.4 Å². The molecule has 1 heterocycles. The van der Waals surface area contributed by atoms with Gasteiger partial charge in [-0.2, -0.15) is 0 Å². The van der Waals surface area contributed by atoms with Crippen LogP contribution in [0.15, 0.2) is 40.9 Å². The zero-order valence-electron chi connectivity index (χ0n) is 11.3. The molecule has 1 aliphatic heterocycles. The van der Waals surface area contributed by atoms with Gasteiger partial charge in [-0.15, -0.1) is 0 Å². The van der Waals surface area contributed by atoms with Gasteiger partial charge in [-0.3, -0.25) is 14.5 Å². The number of halogens is 1. The first-order valence-electron chi connectivity index (χ1n) is 7.48. The Hall–Kier alpha value is -1.42. The van der Waals surface area contributed by atoms with Crippen molar-refractivity contribution in [3.63, 3.8) is 0 Å². The highest BCUT2D eigenvalue weighted by Gasteiger charge is 2.67. The number of benzene rings is 1. The summed E-state index contributed by atoms with van der Waals surface area (Å²) >= 11 is 3.39. The van der Waals surface area contributed by atoms with E-state index >= 15 is 0 Å². The Bertz CT molecular complexity index is 659. The minimum absolute atomic E-state index is 0.0111. The van der Waals surface area contributed by atoms with Crippen LogP contribution in [-0.2, 0) is 9.59 Å². The summed E-state index contributed by atoms with van der Waals surface area (Å²) < 4.78 is 0.950. The van der Waals surface area contributed by atoms with E-state index in [-0.39, 0.29) is 23.7 Å². The predicted octanol–water partition coefficient (Wildman–Crippen LogP) is 3.01. The Morgan fingerprint density at radius 2 is 1.43 bits per heavy atom. The van der Waals surface area contributed by atoms with Crippen molar-refractivity contribution in [2.24, 2.45) is 35.5 Å². The van der Waals surface area contributed by atoms with E-state index in [2.05, 4.69) is 28.1 Å². The largest absolute Gasteiger partial charge is 0.274 e. The van der Waals surface area contributed by atoms with E-state index < -0.39 is 0 Å². The number of amides is 2. The number of nitrogens with zero attached hydrogens (tertiary/aromatic N) is 1. The summed E-state index contributed by atoms with van der Waals surface area (Å²) in [4.78, 5) is 27.1. The molecule has 3 nitrogen and oxygen atoms in total. The molecule has 0 N–H and O–H groups in total. The van der Waals surface area contributed by atoms with Crippen molar-refractivity contribution in [3.05, 3.63) is 40.9 Å². The Morgan fingerprint density at radius 3 is 1.95 bits per heavy atom. The molecule has 4 heteroatoms. The standard InChI is InChI=1S/C17H14BrNO2/c18-8-1-3-9(4-2-8)19-16(20)14-10-5-6-11(13-7-12(10)13)15(14)17(19)21/h1-6,10-15H,7H2/t10-,11-,12-,13+,14-,15+/m1/s1. The van der Waals surface area contributed by atoms with E-state index in [1.165, 1.54) is 11.3 Å². The molecule has 0 spiro atoms. The van der Waals surface area contributed by atoms with Gasteiger partial charge >= 0.3 is 0 Å². The molecular formula is C17H14BrNO2. The number of allylic oxidation sites excluding steroid dienone is 2. The van der Waals surface area contributed by atoms with E-state index in [9.17, 15) is 9.59 Å². The highest BCUT2D eigenvalue weighted by atomic mass is 79.9. The summed E-state index contributed by atoms with van der Waals surface area (Å²) in [5, 5.41) is 0. The first kappa shape index (κ1) is 12.2. The zero-order valence-corrected chi connectivity index (χ0v) is 12.9. The van der Waals surface area contributed by atoms with Gasteiger partial charge in [-0.1, -0.05) is 28.1 Å². The summed E-state index contributed by atoms with van der Waals surface area (Å²) in [6, 6.07) is 7.44. The summed E-state index contributed by atoms with van der Waals surface area (Å²) in [5.41, 5.74) is 0.704. The molecule has 1 saturated heterocycles. The van der Waals surface area contributed by atoms with Crippen LogP contribution >= 0.6 is 15.9 Å². The van der Waals surface area contributed by atoms with E-state index in [0.29, 0.717) is 29.4 Å². The highest BCUT2D eigenvalue weighted by Crippen LogP contribution is 2.65. The molecule has 6 atom stereocenters. The van der Waals surface area contributed by atoms with Crippen LogP contribution in [-0.4, -0.2) is 11.8 Å². The lowest BCUT2D eigenvalue weighted by molar-refractivity contribution is -0.124. The molecule has 4 aliphatic carbocycles. The van der Waals surface area contributed by atoms with Crippen LogP contribution in [0.3, 0.4) is 0 Å². The van der Waals surface area contributed by atoms with Crippen molar-refractivity contribution in [1.29, 1.82) is 0 Å². The maximum atomic E-state index is 12.8. The molecule has 0 unspecified atom stereocenters. The minimum atomic E-state index is -0.111. The Labute approximate surface area is 131 Å². The van der Waals surface area contributed by atoms with Gasteiger partial charge in [0.25, 0.3) is 0 Å². The van der Waals surface area contributed by atoms with Gasteiger partial charge in [-0.05, 0) is 54.4 Å².